The summed E-state index contributed by atoms with van der Waals surface area (Å²) in [5.41, 5.74) is 6.45. The predicted molar refractivity (Wildman–Crippen MR) is 78.6 cm³/mol. The molecule has 0 radical (unpaired) electrons. The quantitative estimate of drug-likeness (QED) is 0.718. The van der Waals surface area contributed by atoms with Crippen LogP contribution in [0.3, 0.4) is 0 Å². The largest absolute Gasteiger partial charge is 0.346 e. The van der Waals surface area contributed by atoms with E-state index in [0.29, 0.717) is 5.69 Å². The Bertz CT molecular complexity index is 664. The van der Waals surface area contributed by atoms with Gasteiger partial charge in [-0.2, -0.15) is 5.10 Å². The molecule has 0 aliphatic heterocycles. The maximum absolute atomic E-state index is 11.7. The Balaban J connectivity index is 2.06. The van der Waals surface area contributed by atoms with Crippen molar-refractivity contribution in [1.82, 2.24) is 20.1 Å². The summed E-state index contributed by atoms with van der Waals surface area (Å²) in [5, 5.41) is 10.2. The monoisotopic (exact) mass is 290 g/mol. The highest BCUT2D eigenvalue weighted by molar-refractivity contribution is 5.95. The Kier molecular flexibility index (Phi) is 4.49. The van der Waals surface area contributed by atoms with Crippen LogP contribution in [0.5, 0.6) is 0 Å². The minimum absolute atomic E-state index is 0.126. The molecule has 0 spiro atoms. The maximum atomic E-state index is 11.7. The summed E-state index contributed by atoms with van der Waals surface area (Å²) in [6, 6.07) is 2.00. The molecule has 2 amide bonds. The first-order valence-corrected chi connectivity index (χ1v) is 6.61. The van der Waals surface area contributed by atoms with Gasteiger partial charge in [0, 0.05) is 11.4 Å². The van der Waals surface area contributed by atoms with Crippen LogP contribution >= 0.6 is 0 Å². The number of anilines is 1. The lowest BCUT2D eigenvalue weighted by Crippen LogP contribution is -2.36. The van der Waals surface area contributed by atoms with E-state index < -0.39 is 0 Å². The van der Waals surface area contributed by atoms with Crippen molar-refractivity contribution >= 4 is 28.5 Å². The van der Waals surface area contributed by atoms with E-state index in [1.54, 1.807) is 18.5 Å². The summed E-state index contributed by atoms with van der Waals surface area (Å²) in [7, 11) is 0. The van der Waals surface area contributed by atoms with Crippen LogP contribution in [0.4, 0.5) is 5.69 Å². The van der Waals surface area contributed by atoms with E-state index in [0.717, 1.165) is 11.0 Å². The molecule has 8 nitrogen and oxygen atoms in total. The average Bonchev–Trinajstić information content (AvgIpc) is 2.88. The van der Waals surface area contributed by atoms with Crippen LogP contribution in [0.2, 0.25) is 0 Å². The van der Waals surface area contributed by atoms with E-state index in [1.165, 1.54) is 0 Å². The Morgan fingerprint density at radius 2 is 2.10 bits per heavy atom. The normalized spacial score (nSPS) is 10.9. The second-order valence-corrected chi connectivity index (χ2v) is 4.85. The van der Waals surface area contributed by atoms with E-state index in [1.807, 2.05) is 18.5 Å². The number of carbonyl (C=O) groups excluding carboxylic acids is 2. The highest BCUT2D eigenvalue weighted by Gasteiger charge is 2.09. The zero-order valence-corrected chi connectivity index (χ0v) is 12.0. The lowest BCUT2D eigenvalue weighted by Gasteiger charge is -2.08. The van der Waals surface area contributed by atoms with Crippen molar-refractivity contribution in [1.29, 1.82) is 0 Å². The smallest absolute Gasteiger partial charge is 0.243 e. The lowest BCUT2D eigenvalue weighted by atomic mass is 10.3. The topological polar surface area (TPSA) is 115 Å². The molecule has 4 N–H and O–H groups in total. The number of carbonyl (C=O) groups is 2. The fourth-order valence-electron chi connectivity index (χ4n) is 1.84. The first-order chi connectivity index (χ1) is 10.0. The van der Waals surface area contributed by atoms with Crippen molar-refractivity contribution in [2.24, 2.45) is 5.73 Å². The number of aromatic nitrogens is 3. The van der Waals surface area contributed by atoms with Crippen molar-refractivity contribution in [3.63, 3.8) is 0 Å². The molecule has 21 heavy (non-hydrogen) atoms. The predicted octanol–water partition coefficient (Wildman–Crippen LogP) is 0.0256. The van der Waals surface area contributed by atoms with Gasteiger partial charge in [-0.25, -0.2) is 9.67 Å². The minimum atomic E-state index is -0.378. The van der Waals surface area contributed by atoms with E-state index >= 15 is 0 Å². The second kappa shape index (κ2) is 6.31. The summed E-state index contributed by atoms with van der Waals surface area (Å²) >= 11 is 0. The average molecular weight is 290 g/mol. The number of pyridine rings is 1. The molecule has 0 aliphatic rings. The molecule has 2 rings (SSSR count). The Labute approximate surface area is 121 Å². The molecule has 0 saturated carbocycles. The van der Waals surface area contributed by atoms with Crippen molar-refractivity contribution in [3.8, 4) is 0 Å². The van der Waals surface area contributed by atoms with Gasteiger partial charge in [-0.15, -0.1) is 0 Å². The number of nitrogens with one attached hydrogen (secondary N) is 2. The van der Waals surface area contributed by atoms with Crippen molar-refractivity contribution in [2.45, 2.75) is 19.9 Å². The van der Waals surface area contributed by atoms with E-state index in [9.17, 15) is 9.59 Å². The molecule has 0 saturated heterocycles. The number of amides is 2. The van der Waals surface area contributed by atoms with Crippen LogP contribution in [-0.2, 0) is 9.59 Å². The molecular formula is C13H18N6O2. The third-order valence-corrected chi connectivity index (χ3v) is 2.84. The maximum Gasteiger partial charge on any atom is 0.243 e. The molecular weight excluding hydrogens is 272 g/mol. The highest BCUT2D eigenvalue weighted by atomic mass is 16.2. The standard InChI is InChI=1S/C13H18N6O2/c1-8(2)19-13-9(5-17-19)3-10(6-16-13)18-12(21)7-15-11(20)4-14/h3,5-6,8H,4,7,14H2,1-2H3,(H,15,20)(H,18,21). The first-order valence-electron chi connectivity index (χ1n) is 6.61. The number of nitrogens with two attached hydrogens (primary N) is 1. The van der Waals surface area contributed by atoms with Gasteiger partial charge in [0.05, 0.1) is 31.2 Å². The molecule has 0 aliphatic carbocycles. The molecule has 2 aromatic heterocycles. The van der Waals surface area contributed by atoms with Crippen LogP contribution < -0.4 is 16.4 Å². The molecule has 0 bridgehead atoms. The zero-order valence-electron chi connectivity index (χ0n) is 12.0. The van der Waals surface area contributed by atoms with E-state index in [4.69, 9.17) is 5.73 Å². The third-order valence-electron chi connectivity index (χ3n) is 2.84. The summed E-state index contributed by atoms with van der Waals surface area (Å²) in [5.74, 6) is -0.717. The number of fused-ring (bicyclic) bond motifs is 1. The van der Waals surface area contributed by atoms with Crippen molar-refractivity contribution in [3.05, 3.63) is 18.5 Å². The van der Waals surface area contributed by atoms with Crippen molar-refractivity contribution in [2.75, 3.05) is 18.4 Å². The van der Waals surface area contributed by atoms with Gasteiger partial charge in [0.2, 0.25) is 11.8 Å². The highest BCUT2D eigenvalue weighted by Crippen LogP contribution is 2.18. The van der Waals surface area contributed by atoms with Gasteiger partial charge in [0.1, 0.15) is 0 Å². The van der Waals surface area contributed by atoms with Gasteiger partial charge in [0.25, 0.3) is 0 Å². The fourth-order valence-corrected chi connectivity index (χ4v) is 1.84. The van der Waals surface area contributed by atoms with Gasteiger partial charge < -0.3 is 16.4 Å². The Morgan fingerprint density at radius 3 is 2.76 bits per heavy atom. The molecule has 0 aromatic carbocycles. The third kappa shape index (κ3) is 3.54. The summed E-state index contributed by atoms with van der Waals surface area (Å²) in [6.45, 7) is 3.77. The minimum Gasteiger partial charge on any atom is -0.346 e. The summed E-state index contributed by atoms with van der Waals surface area (Å²) < 4.78 is 1.81. The fraction of sp³-hybridized carbons (Fsp3) is 0.385. The van der Waals surface area contributed by atoms with E-state index in [2.05, 4.69) is 20.7 Å². The molecule has 2 aromatic rings. The number of hydrogen-bond acceptors (Lipinski definition) is 5. The summed E-state index contributed by atoms with van der Waals surface area (Å²) in [6.07, 6.45) is 3.26. The van der Waals surface area contributed by atoms with Crippen LogP contribution in [-0.4, -0.2) is 39.7 Å². The zero-order chi connectivity index (χ0) is 15.4. The van der Waals surface area contributed by atoms with Crippen LogP contribution in [0.1, 0.15) is 19.9 Å². The van der Waals surface area contributed by atoms with Gasteiger partial charge in [0.15, 0.2) is 5.65 Å². The van der Waals surface area contributed by atoms with Crippen molar-refractivity contribution < 1.29 is 9.59 Å². The van der Waals surface area contributed by atoms with Gasteiger partial charge in [-0.05, 0) is 19.9 Å². The first kappa shape index (κ1) is 14.9. The van der Waals surface area contributed by atoms with Crippen LogP contribution in [0.15, 0.2) is 18.5 Å². The van der Waals surface area contributed by atoms with Gasteiger partial charge in [-0.3, -0.25) is 9.59 Å². The van der Waals surface area contributed by atoms with Crippen LogP contribution in [0.25, 0.3) is 11.0 Å². The lowest BCUT2D eigenvalue weighted by molar-refractivity contribution is -0.123. The summed E-state index contributed by atoms with van der Waals surface area (Å²) in [4.78, 5) is 26.9. The molecule has 0 atom stereocenters. The number of rotatable bonds is 5. The number of hydrogen-bond donors (Lipinski definition) is 3. The SMILES string of the molecule is CC(C)n1ncc2cc(NC(=O)CNC(=O)CN)cnc21. The Morgan fingerprint density at radius 1 is 1.33 bits per heavy atom. The molecule has 8 heteroatoms. The number of nitrogens with zero attached hydrogens (tertiary/aromatic N) is 3. The molecule has 0 unspecified atom stereocenters. The van der Waals surface area contributed by atoms with Gasteiger partial charge in [-0.1, -0.05) is 0 Å². The second-order valence-electron chi connectivity index (χ2n) is 4.85. The molecule has 0 fully saturated rings. The van der Waals surface area contributed by atoms with Crippen LogP contribution in [0, 0.1) is 0 Å². The molecule has 112 valence electrons. The Hall–Kier alpha value is -2.48. The van der Waals surface area contributed by atoms with Gasteiger partial charge >= 0.3 is 0 Å². The molecule has 2 heterocycles. The van der Waals surface area contributed by atoms with E-state index in [-0.39, 0.29) is 30.9 Å².